The van der Waals surface area contributed by atoms with Crippen LogP contribution >= 0.6 is 11.6 Å². The molecule has 1 atom stereocenters. The molecule has 1 unspecified atom stereocenters. The van der Waals surface area contributed by atoms with Gasteiger partial charge in [0, 0.05) is 0 Å². The molecule has 0 fully saturated rings. The molecule has 0 aromatic heterocycles. The van der Waals surface area contributed by atoms with Crippen LogP contribution in [0.1, 0.15) is 11.7 Å². The van der Waals surface area contributed by atoms with E-state index in [1.807, 2.05) is 6.07 Å². The van der Waals surface area contributed by atoms with Crippen LogP contribution in [0.15, 0.2) is 54.6 Å². The molecule has 0 aliphatic heterocycles. The molecule has 0 bridgehead atoms. The van der Waals surface area contributed by atoms with E-state index in [2.05, 4.69) is 5.32 Å². The Labute approximate surface area is 110 Å². The van der Waals surface area contributed by atoms with Gasteiger partial charge in [-0.05, 0) is 17.7 Å². The standard InChI is InChI=1S/C14H12ClNO2/c15-11-8-4-5-9-12(11)16-14(18)13(17)10-6-2-1-3-7-10/h1-9,13,17H,(H,16,18). The van der Waals surface area contributed by atoms with Gasteiger partial charge in [-0.15, -0.1) is 0 Å². The first-order valence-electron chi connectivity index (χ1n) is 5.47. The molecule has 4 heteroatoms. The molecule has 1 amide bonds. The summed E-state index contributed by atoms with van der Waals surface area (Å²) in [5, 5.41) is 12.9. The van der Waals surface area contributed by atoms with Gasteiger partial charge in [-0.2, -0.15) is 0 Å². The number of hydrogen-bond acceptors (Lipinski definition) is 2. The third-order valence-corrected chi connectivity index (χ3v) is 2.82. The predicted molar refractivity (Wildman–Crippen MR) is 71.5 cm³/mol. The van der Waals surface area contributed by atoms with Crippen molar-refractivity contribution in [3.63, 3.8) is 0 Å². The van der Waals surface area contributed by atoms with Gasteiger partial charge in [0.15, 0.2) is 6.10 Å². The van der Waals surface area contributed by atoms with E-state index in [0.717, 1.165) is 0 Å². The van der Waals surface area contributed by atoms with Gasteiger partial charge in [0.05, 0.1) is 10.7 Å². The van der Waals surface area contributed by atoms with Gasteiger partial charge in [0.1, 0.15) is 0 Å². The molecule has 3 nitrogen and oxygen atoms in total. The molecule has 0 saturated heterocycles. The number of rotatable bonds is 3. The van der Waals surface area contributed by atoms with Crippen LogP contribution in [-0.2, 0) is 4.79 Å². The summed E-state index contributed by atoms with van der Waals surface area (Å²) in [6.07, 6.45) is -1.21. The van der Waals surface area contributed by atoms with Crippen LogP contribution in [0.2, 0.25) is 5.02 Å². The number of aliphatic hydroxyl groups is 1. The van der Waals surface area contributed by atoms with Crippen molar-refractivity contribution < 1.29 is 9.90 Å². The summed E-state index contributed by atoms with van der Waals surface area (Å²) in [6.45, 7) is 0. The second kappa shape index (κ2) is 5.67. The molecule has 0 saturated carbocycles. The molecular formula is C14H12ClNO2. The van der Waals surface area contributed by atoms with Crippen molar-refractivity contribution in [3.8, 4) is 0 Å². The molecule has 92 valence electrons. The zero-order valence-electron chi connectivity index (χ0n) is 9.51. The normalized spacial score (nSPS) is 11.9. The van der Waals surface area contributed by atoms with Crippen molar-refractivity contribution in [2.75, 3.05) is 5.32 Å². The number of carbonyl (C=O) groups excluding carboxylic acids is 1. The van der Waals surface area contributed by atoms with Crippen LogP contribution in [0.5, 0.6) is 0 Å². The molecule has 0 aliphatic rings. The fraction of sp³-hybridized carbons (Fsp3) is 0.0714. The van der Waals surface area contributed by atoms with E-state index in [0.29, 0.717) is 16.3 Å². The van der Waals surface area contributed by atoms with Gasteiger partial charge < -0.3 is 10.4 Å². The van der Waals surface area contributed by atoms with Crippen LogP contribution in [0.25, 0.3) is 0 Å². The number of nitrogens with one attached hydrogen (secondary N) is 1. The largest absolute Gasteiger partial charge is 0.378 e. The van der Waals surface area contributed by atoms with E-state index in [4.69, 9.17) is 11.6 Å². The first-order chi connectivity index (χ1) is 8.68. The second-order valence-corrected chi connectivity index (χ2v) is 4.19. The molecule has 2 aromatic rings. The molecule has 0 aliphatic carbocycles. The lowest BCUT2D eigenvalue weighted by atomic mass is 10.1. The fourth-order valence-electron chi connectivity index (χ4n) is 1.55. The highest BCUT2D eigenvalue weighted by Crippen LogP contribution is 2.22. The summed E-state index contributed by atoms with van der Waals surface area (Å²) in [5.41, 5.74) is 1.03. The SMILES string of the molecule is O=C(Nc1ccccc1Cl)C(O)c1ccccc1. The van der Waals surface area contributed by atoms with Crippen LogP contribution in [0.4, 0.5) is 5.69 Å². The van der Waals surface area contributed by atoms with E-state index in [9.17, 15) is 9.90 Å². The Kier molecular flexibility index (Phi) is 3.97. The second-order valence-electron chi connectivity index (χ2n) is 3.78. The lowest BCUT2D eigenvalue weighted by Crippen LogP contribution is -2.20. The van der Waals surface area contributed by atoms with E-state index >= 15 is 0 Å². The van der Waals surface area contributed by atoms with Crippen LogP contribution < -0.4 is 5.32 Å². The molecule has 2 N–H and O–H groups in total. The number of aliphatic hydroxyl groups excluding tert-OH is 1. The minimum atomic E-state index is -1.21. The molecular weight excluding hydrogens is 250 g/mol. The van der Waals surface area contributed by atoms with Crippen LogP contribution in [0, 0.1) is 0 Å². The Bertz CT molecular complexity index is 543. The van der Waals surface area contributed by atoms with Gasteiger partial charge in [-0.3, -0.25) is 4.79 Å². The third kappa shape index (κ3) is 2.88. The summed E-state index contributed by atoms with van der Waals surface area (Å²) in [4.78, 5) is 11.8. The molecule has 0 heterocycles. The van der Waals surface area contributed by atoms with E-state index in [-0.39, 0.29) is 0 Å². The Morgan fingerprint density at radius 2 is 1.67 bits per heavy atom. The fourth-order valence-corrected chi connectivity index (χ4v) is 1.73. The summed E-state index contributed by atoms with van der Waals surface area (Å²) in [7, 11) is 0. The number of para-hydroxylation sites is 1. The highest BCUT2D eigenvalue weighted by Gasteiger charge is 2.17. The molecule has 2 aromatic carbocycles. The highest BCUT2D eigenvalue weighted by atomic mass is 35.5. The first-order valence-corrected chi connectivity index (χ1v) is 5.84. The Balaban J connectivity index is 2.12. The van der Waals surface area contributed by atoms with Crippen LogP contribution in [0.3, 0.4) is 0 Å². The third-order valence-electron chi connectivity index (χ3n) is 2.50. The van der Waals surface area contributed by atoms with Crippen molar-refractivity contribution in [2.24, 2.45) is 0 Å². The zero-order valence-corrected chi connectivity index (χ0v) is 10.3. The monoisotopic (exact) mass is 261 g/mol. The summed E-state index contributed by atoms with van der Waals surface area (Å²) >= 11 is 5.92. The maximum atomic E-state index is 11.8. The summed E-state index contributed by atoms with van der Waals surface area (Å²) < 4.78 is 0. The minimum Gasteiger partial charge on any atom is -0.378 e. The Morgan fingerprint density at radius 1 is 1.06 bits per heavy atom. The maximum absolute atomic E-state index is 11.8. The highest BCUT2D eigenvalue weighted by molar-refractivity contribution is 6.33. The maximum Gasteiger partial charge on any atom is 0.257 e. The lowest BCUT2D eigenvalue weighted by molar-refractivity contribution is -0.124. The van der Waals surface area contributed by atoms with E-state index in [1.165, 1.54) is 0 Å². The van der Waals surface area contributed by atoms with Gasteiger partial charge in [-0.25, -0.2) is 0 Å². The van der Waals surface area contributed by atoms with E-state index in [1.54, 1.807) is 48.5 Å². The average molecular weight is 262 g/mol. The topological polar surface area (TPSA) is 49.3 Å². The number of halogens is 1. The molecule has 0 spiro atoms. The number of amides is 1. The van der Waals surface area contributed by atoms with Crippen molar-refractivity contribution in [1.82, 2.24) is 0 Å². The molecule has 0 radical (unpaired) electrons. The quantitative estimate of drug-likeness (QED) is 0.892. The zero-order chi connectivity index (χ0) is 13.0. The molecule has 18 heavy (non-hydrogen) atoms. The van der Waals surface area contributed by atoms with Gasteiger partial charge in [-0.1, -0.05) is 54.1 Å². The number of carbonyl (C=O) groups is 1. The number of anilines is 1. The molecule has 2 rings (SSSR count). The van der Waals surface area contributed by atoms with Gasteiger partial charge in [0.25, 0.3) is 5.91 Å². The summed E-state index contributed by atoms with van der Waals surface area (Å²) in [6, 6.07) is 15.6. The van der Waals surface area contributed by atoms with Gasteiger partial charge >= 0.3 is 0 Å². The van der Waals surface area contributed by atoms with Crippen molar-refractivity contribution in [1.29, 1.82) is 0 Å². The Morgan fingerprint density at radius 3 is 2.33 bits per heavy atom. The van der Waals surface area contributed by atoms with Crippen LogP contribution in [-0.4, -0.2) is 11.0 Å². The average Bonchev–Trinajstić information content (AvgIpc) is 2.41. The number of benzene rings is 2. The van der Waals surface area contributed by atoms with Crippen molar-refractivity contribution in [2.45, 2.75) is 6.10 Å². The van der Waals surface area contributed by atoms with Crippen molar-refractivity contribution in [3.05, 3.63) is 65.2 Å². The summed E-state index contributed by atoms with van der Waals surface area (Å²) in [5.74, 6) is -0.505. The van der Waals surface area contributed by atoms with E-state index < -0.39 is 12.0 Å². The lowest BCUT2D eigenvalue weighted by Gasteiger charge is -2.12. The van der Waals surface area contributed by atoms with Crippen molar-refractivity contribution >= 4 is 23.2 Å². The smallest absolute Gasteiger partial charge is 0.257 e. The predicted octanol–water partition coefficient (Wildman–Crippen LogP) is 3.01. The minimum absolute atomic E-state index is 0.436. The van der Waals surface area contributed by atoms with Gasteiger partial charge in [0.2, 0.25) is 0 Å². The first kappa shape index (κ1) is 12.6. The number of hydrogen-bond donors (Lipinski definition) is 2. The Hall–Kier alpha value is -1.84.